The van der Waals surface area contributed by atoms with Gasteiger partial charge in [0.15, 0.2) is 0 Å². The molecule has 0 unspecified atom stereocenters. The van der Waals surface area contributed by atoms with Crippen molar-refractivity contribution >= 4 is 23.7 Å². The number of benzene rings is 1. The van der Waals surface area contributed by atoms with Gasteiger partial charge in [-0.3, -0.25) is 15.2 Å². The molecule has 128 valence electrons. The van der Waals surface area contributed by atoms with Crippen LogP contribution < -0.4 is 31.0 Å². The van der Waals surface area contributed by atoms with Crippen LogP contribution in [0.1, 0.15) is 5.56 Å². The van der Waals surface area contributed by atoms with Crippen molar-refractivity contribution in [1.29, 1.82) is 0 Å². The number of nitrogens with zero attached hydrogens (tertiary/aromatic N) is 2. The third kappa shape index (κ3) is 4.72. The molecule has 0 saturated carbocycles. The summed E-state index contributed by atoms with van der Waals surface area (Å²) in [5.41, 5.74) is 9.10. The summed E-state index contributed by atoms with van der Waals surface area (Å²) in [4.78, 5) is 14.5. The highest BCUT2D eigenvalue weighted by Crippen LogP contribution is 2.27. The van der Waals surface area contributed by atoms with Gasteiger partial charge in [0, 0.05) is 29.8 Å². The first kappa shape index (κ1) is 17.8. The molecular weight excluding hydrogens is 334 g/mol. The molecule has 0 bridgehead atoms. The van der Waals surface area contributed by atoms with Crippen molar-refractivity contribution in [2.45, 2.75) is 6.61 Å². The topological polar surface area (TPSA) is 87.8 Å². The van der Waals surface area contributed by atoms with Gasteiger partial charge in [0.2, 0.25) is 18.2 Å². The molecule has 0 saturated heterocycles. The molecule has 24 heavy (non-hydrogen) atoms. The van der Waals surface area contributed by atoms with Crippen molar-refractivity contribution in [3.05, 3.63) is 47.0 Å². The molecule has 2 rings (SSSR count). The Morgan fingerprint density at radius 2 is 2.00 bits per heavy atom. The second kappa shape index (κ2) is 8.92. The van der Waals surface area contributed by atoms with E-state index in [4.69, 9.17) is 21.1 Å². The first-order valence-corrected chi connectivity index (χ1v) is 7.38. The molecule has 0 fully saturated rings. The lowest BCUT2D eigenvalue weighted by Gasteiger charge is -2.23. The van der Waals surface area contributed by atoms with E-state index in [2.05, 4.69) is 21.5 Å². The summed E-state index contributed by atoms with van der Waals surface area (Å²) >= 11 is 6.29. The van der Waals surface area contributed by atoms with E-state index >= 15 is 0 Å². The second-order valence-electron chi connectivity index (χ2n) is 4.60. The highest BCUT2D eigenvalue weighted by atomic mass is 35.5. The Kier molecular flexibility index (Phi) is 6.62. The Morgan fingerprint density at radius 3 is 2.75 bits per heavy atom. The molecule has 2 aromatic rings. The number of nitrogens with one attached hydrogen (secondary N) is 3. The minimum absolute atomic E-state index is 0.211. The maximum absolute atomic E-state index is 10.3. The van der Waals surface area contributed by atoms with Gasteiger partial charge in [-0.1, -0.05) is 23.7 Å². The van der Waals surface area contributed by atoms with Gasteiger partial charge >= 0.3 is 0 Å². The van der Waals surface area contributed by atoms with E-state index in [1.165, 1.54) is 0 Å². The molecule has 0 spiro atoms. The summed E-state index contributed by atoms with van der Waals surface area (Å²) in [5, 5.41) is 2.20. The third-order valence-electron chi connectivity index (χ3n) is 3.08. The van der Waals surface area contributed by atoms with Crippen LogP contribution in [-0.4, -0.2) is 25.6 Å². The second-order valence-corrected chi connectivity index (χ2v) is 5.01. The zero-order chi connectivity index (χ0) is 17.4. The number of rotatable bonds is 9. The van der Waals surface area contributed by atoms with E-state index in [1.54, 1.807) is 43.4 Å². The Hall–Kier alpha value is -2.55. The molecule has 0 aliphatic heterocycles. The lowest BCUT2D eigenvalue weighted by atomic mass is 10.2. The lowest BCUT2D eigenvalue weighted by molar-refractivity contribution is -0.110. The molecule has 9 heteroatoms. The Balaban J connectivity index is 2.12. The van der Waals surface area contributed by atoms with Crippen molar-refractivity contribution in [2.24, 2.45) is 0 Å². The number of carbonyl (C=O) groups excluding carboxylic acids is 1. The largest absolute Gasteiger partial charge is 0.481 e. The number of halogens is 1. The van der Waals surface area contributed by atoms with Crippen LogP contribution in [0.15, 0.2) is 36.4 Å². The number of amides is 1. The number of hydrazine groups is 3. The molecule has 0 aliphatic rings. The van der Waals surface area contributed by atoms with Crippen molar-refractivity contribution in [2.75, 3.05) is 19.2 Å². The average molecular weight is 352 g/mol. The van der Waals surface area contributed by atoms with Gasteiger partial charge in [0.1, 0.15) is 6.61 Å². The minimum atomic E-state index is 0.211. The predicted octanol–water partition coefficient (Wildman–Crippen LogP) is 1.43. The zero-order valence-corrected chi connectivity index (χ0v) is 14.0. The van der Waals surface area contributed by atoms with Crippen LogP contribution in [0.3, 0.4) is 0 Å². The summed E-state index contributed by atoms with van der Waals surface area (Å²) in [6.45, 7) is 0.211. The summed E-state index contributed by atoms with van der Waals surface area (Å²) < 4.78 is 10.8. The number of pyridine rings is 1. The van der Waals surface area contributed by atoms with E-state index in [1.807, 2.05) is 12.1 Å². The van der Waals surface area contributed by atoms with Crippen molar-refractivity contribution in [3.8, 4) is 11.8 Å². The van der Waals surface area contributed by atoms with Crippen molar-refractivity contribution in [1.82, 2.24) is 21.5 Å². The van der Waals surface area contributed by atoms with Gasteiger partial charge in [0.05, 0.1) is 12.8 Å². The number of anilines is 1. The average Bonchev–Trinajstić information content (AvgIpc) is 2.60. The maximum atomic E-state index is 10.3. The van der Waals surface area contributed by atoms with E-state index in [0.717, 1.165) is 11.3 Å². The van der Waals surface area contributed by atoms with E-state index in [0.29, 0.717) is 23.2 Å². The van der Waals surface area contributed by atoms with Crippen LogP contribution in [0.4, 0.5) is 5.69 Å². The number of hydrogen-bond acceptors (Lipinski definition) is 7. The lowest BCUT2D eigenvalue weighted by Crippen LogP contribution is -2.51. The van der Waals surface area contributed by atoms with Gasteiger partial charge in [0.25, 0.3) is 0 Å². The van der Waals surface area contributed by atoms with Crippen LogP contribution in [0.5, 0.6) is 11.8 Å². The fraction of sp³-hybridized carbons (Fsp3) is 0.200. The Bertz CT molecular complexity index is 686. The molecule has 0 atom stereocenters. The molecule has 0 aliphatic carbocycles. The molecule has 1 heterocycles. The summed E-state index contributed by atoms with van der Waals surface area (Å²) in [7, 11) is 3.30. The standard InChI is InChI=1S/C15H18ClN5O3/c1-21(20-19-17-10-22)13-6-3-5-12(16)11(13)9-24-15-8-4-7-14(18-15)23-2/h3-8,10,19-20H,9H2,1-2H3,(H,17,22). The predicted molar refractivity (Wildman–Crippen MR) is 90.4 cm³/mol. The number of carbonyl (C=O) groups is 1. The molecular formula is C15H18ClN5O3. The zero-order valence-electron chi connectivity index (χ0n) is 13.2. The van der Waals surface area contributed by atoms with Gasteiger partial charge in [-0.05, 0) is 12.1 Å². The SMILES string of the molecule is COc1cccc(OCc2c(Cl)cccc2N(C)NNNC=O)n1. The van der Waals surface area contributed by atoms with Crippen molar-refractivity contribution < 1.29 is 14.3 Å². The van der Waals surface area contributed by atoms with Gasteiger partial charge in [-0.25, -0.2) is 0 Å². The van der Waals surface area contributed by atoms with E-state index in [-0.39, 0.29) is 6.61 Å². The molecule has 1 aromatic carbocycles. The first-order chi connectivity index (χ1) is 11.7. The van der Waals surface area contributed by atoms with Crippen molar-refractivity contribution in [3.63, 3.8) is 0 Å². The molecule has 8 nitrogen and oxygen atoms in total. The highest BCUT2D eigenvalue weighted by molar-refractivity contribution is 6.31. The summed E-state index contributed by atoms with van der Waals surface area (Å²) in [6, 6.07) is 10.7. The third-order valence-corrected chi connectivity index (χ3v) is 3.44. The first-order valence-electron chi connectivity index (χ1n) is 7.00. The highest BCUT2D eigenvalue weighted by Gasteiger charge is 2.12. The number of hydrogen-bond donors (Lipinski definition) is 3. The quantitative estimate of drug-likeness (QED) is 0.358. The van der Waals surface area contributed by atoms with Crippen LogP contribution in [-0.2, 0) is 11.4 Å². The van der Waals surface area contributed by atoms with Crippen LogP contribution >= 0.6 is 11.6 Å². The minimum Gasteiger partial charge on any atom is -0.481 e. The van der Waals surface area contributed by atoms with E-state index < -0.39 is 0 Å². The van der Waals surface area contributed by atoms with Gasteiger partial charge < -0.3 is 9.47 Å². The molecule has 0 radical (unpaired) electrons. The Labute approximate surface area is 144 Å². The fourth-order valence-corrected chi connectivity index (χ4v) is 2.17. The van der Waals surface area contributed by atoms with Crippen LogP contribution in [0.25, 0.3) is 0 Å². The number of methoxy groups -OCH3 is 1. The van der Waals surface area contributed by atoms with Crippen LogP contribution in [0.2, 0.25) is 5.02 Å². The number of aromatic nitrogens is 1. The fourth-order valence-electron chi connectivity index (χ4n) is 1.95. The smallest absolute Gasteiger partial charge is 0.222 e. The summed E-state index contributed by atoms with van der Waals surface area (Å²) in [5.74, 6) is 0.895. The normalized spacial score (nSPS) is 10.1. The number of ether oxygens (including phenoxy) is 2. The molecule has 1 amide bonds. The van der Waals surface area contributed by atoms with E-state index in [9.17, 15) is 4.79 Å². The molecule has 1 aromatic heterocycles. The van der Waals surface area contributed by atoms with Crippen LogP contribution in [0, 0.1) is 0 Å². The van der Waals surface area contributed by atoms with Gasteiger partial charge in [-0.2, -0.15) is 16.1 Å². The summed E-state index contributed by atoms with van der Waals surface area (Å²) in [6.07, 6.45) is 0.511. The molecule has 3 N–H and O–H groups in total. The monoisotopic (exact) mass is 351 g/mol. The Morgan fingerprint density at radius 1 is 1.25 bits per heavy atom. The van der Waals surface area contributed by atoms with Gasteiger partial charge in [-0.15, -0.1) is 0 Å². The maximum Gasteiger partial charge on any atom is 0.222 e.